The smallest absolute Gasteiger partial charge is 0.193 e. The molecule has 0 heterocycles. The maximum absolute atomic E-state index is 14.2. The number of alkyl halides is 1. The van der Waals surface area contributed by atoms with E-state index in [9.17, 15) is 9.50 Å². The lowest BCUT2D eigenvalue weighted by Crippen LogP contribution is -2.43. The van der Waals surface area contributed by atoms with Crippen molar-refractivity contribution in [2.75, 3.05) is 6.61 Å². The van der Waals surface area contributed by atoms with Gasteiger partial charge in [0.25, 0.3) is 0 Å². The highest BCUT2D eigenvalue weighted by molar-refractivity contribution is 6.74. The molecule has 1 aromatic rings. The van der Waals surface area contributed by atoms with E-state index in [0.29, 0.717) is 19.4 Å². The maximum atomic E-state index is 14.2. The zero-order chi connectivity index (χ0) is 18.7. The molecule has 1 aliphatic rings. The second-order valence-corrected chi connectivity index (χ2v) is 13.4. The highest BCUT2D eigenvalue weighted by Gasteiger charge is 2.40. The third-order valence-electron chi connectivity index (χ3n) is 5.56. The molecule has 5 heteroatoms. The van der Waals surface area contributed by atoms with Gasteiger partial charge in [0.05, 0.1) is 24.9 Å². The first kappa shape index (κ1) is 20.6. The van der Waals surface area contributed by atoms with Gasteiger partial charge in [-0.25, -0.2) is 4.39 Å². The van der Waals surface area contributed by atoms with Crippen LogP contribution < -0.4 is 0 Å². The number of rotatable bonds is 6. The Kier molecular flexibility index (Phi) is 6.82. The van der Waals surface area contributed by atoms with Crippen LogP contribution in [0.4, 0.5) is 4.39 Å². The van der Waals surface area contributed by atoms with Crippen molar-refractivity contribution in [2.24, 2.45) is 0 Å². The topological polar surface area (TPSA) is 38.7 Å². The summed E-state index contributed by atoms with van der Waals surface area (Å²) in [5.41, 5.74) is 1.07. The number of aliphatic hydroxyl groups is 1. The molecule has 1 N–H and O–H groups in total. The van der Waals surface area contributed by atoms with E-state index in [0.717, 1.165) is 5.56 Å². The SMILES string of the molecule is CC(C)(C)[Si](C)(C)OC(CO[C@H]1CC[C@@H](O)C[C@@H]1F)c1ccccc1. The van der Waals surface area contributed by atoms with Crippen LogP contribution in [0.2, 0.25) is 18.1 Å². The third kappa shape index (κ3) is 5.61. The fourth-order valence-electron chi connectivity index (χ4n) is 2.86. The van der Waals surface area contributed by atoms with Crippen molar-refractivity contribution >= 4 is 8.32 Å². The third-order valence-corrected chi connectivity index (χ3v) is 10.0. The van der Waals surface area contributed by atoms with Gasteiger partial charge in [0, 0.05) is 6.42 Å². The molecule has 1 saturated carbocycles. The molecule has 25 heavy (non-hydrogen) atoms. The second-order valence-electron chi connectivity index (χ2n) is 8.63. The highest BCUT2D eigenvalue weighted by Crippen LogP contribution is 2.40. The molecule has 0 amide bonds. The first-order valence-electron chi connectivity index (χ1n) is 9.26. The largest absolute Gasteiger partial charge is 0.408 e. The number of hydrogen-bond acceptors (Lipinski definition) is 3. The van der Waals surface area contributed by atoms with Gasteiger partial charge in [-0.05, 0) is 36.5 Å². The molecule has 4 atom stereocenters. The summed E-state index contributed by atoms with van der Waals surface area (Å²) in [6.07, 6.45) is -0.951. The Morgan fingerprint density at radius 1 is 1.20 bits per heavy atom. The van der Waals surface area contributed by atoms with Crippen LogP contribution in [0.1, 0.15) is 51.7 Å². The van der Waals surface area contributed by atoms with E-state index in [4.69, 9.17) is 9.16 Å². The number of hydrogen-bond donors (Lipinski definition) is 1. The van der Waals surface area contributed by atoms with Crippen molar-refractivity contribution in [1.29, 1.82) is 0 Å². The molecule has 0 saturated heterocycles. The molecule has 0 aliphatic heterocycles. The Morgan fingerprint density at radius 2 is 1.84 bits per heavy atom. The van der Waals surface area contributed by atoms with Crippen LogP contribution in [-0.4, -0.2) is 38.4 Å². The Bertz CT molecular complexity index is 529. The molecule has 3 nitrogen and oxygen atoms in total. The van der Waals surface area contributed by atoms with Crippen molar-refractivity contribution in [1.82, 2.24) is 0 Å². The summed E-state index contributed by atoms with van der Waals surface area (Å²) in [6, 6.07) is 10.0. The van der Waals surface area contributed by atoms with Gasteiger partial charge in [0.1, 0.15) is 6.17 Å². The zero-order valence-electron chi connectivity index (χ0n) is 16.2. The second kappa shape index (κ2) is 8.29. The molecule has 0 radical (unpaired) electrons. The predicted molar refractivity (Wildman–Crippen MR) is 102 cm³/mol. The minimum Gasteiger partial charge on any atom is -0.408 e. The molecule has 1 fully saturated rings. The molecule has 2 rings (SSSR count). The molecular formula is C20H33FO3Si. The van der Waals surface area contributed by atoms with Crippen molar-refractivity contribution < 1.29 is 18.7 Å². The van der Waals surface area contributed by atoms with Crippen LogP contribution in [0.5, 0.6) is 0 Å². The van der Waals surface area contributed by atoms with Crippen molar-refractivity contribution in [3.8, 4) is 0 Å². The van der Waals surface area contributed by atoms with Gasteiger partial charge in [0.15, 0.2) is 8.32 Å². The summed E-state index contributed by atoms with van der Waals surface area (Å²) in [5.74, 6) is 0. The van der Waals surface area contributed by atoms with Gasteiger partial charge in [-0.3, -0.25) is 0 Å². The normalized spacial score (nSPS) is 26.4. The van der Waals surface area contributed by atoms with Crippen molar-refractivity contribution in [2.45, 2.75) is 82.6 Å². The number of halogens is 1. The van der Waals surface area contributed by atoms with E-state index in [1.165, 1.54) is 0 Å². The Balaban J connectivity index is 2.08. The van der Waals surface area contributed by atoms with Crippen molar-refractivity contribution in [3.63, 3.8) is 0 Å². The Hall–Kier alpha value is -0.753. The maximum Gasteiger partial charge on any atom is 0.193 e. The average molecular weight is 369 g/mol. The van der Waals surface area contributed by atoms with Gasteiger partial charge in [-0.2, -0.15) is 0 Å². The lowest BCUT2D eigenvalue weighted by atomic mass is 9.93. The molecule has 0 aromatic heterocycles. The van der Waals surface area contributed by atoms with Gasteiger partial charge < -0.3 is 14.3 Å². The predicted octanol–water partition coefficient (Wildman–Crippen LogP) is 5.02. The van der Waals surface area contributed by atoms with E-state index in [2.05, 4.69) is 33.9 Å². The van der Waals surface area contributed by atoms with Crippen molar-refractivity contribution in [3.05, 3.63) is 35.9 Å². The summed E-state index contributed by atoms with van der Waals surface area (Å²) >= 11 is 0. The van der Waals surface area contributed by atoms with Gasteiger partial charge in [-0.1, -0.05) is 51.1 Å². The molecule has 142 valence electrons. The van der Waals surface area contributed by atoms with Gasteiger partial charge >= 0.3 is 0 Å². The summed E-state index contributed by atoms with van der Waals surface area (Å²) in [4.78, 5) is 0. The van der Waals surface area contributed by atoms with Gasteiger partial charge in [-0.15, -0.1) is 0 Å². The Labute approximate surface area is 152 Å². The number of ether oxygens (including phenoxy) is 1. The first-order chi connectivity index (χ1) is 11.6. The highest BCUT2D eigenvalue weighted by atomic mass is 28.4. The summed E-state index contributed by atoms with van der Waals surface area (Å²) in [7, 11) is -1.98. The van der Waals surface area contributed by atoms with Crippen LogP contribution in [0.25, 0.3) is 0 Å². The number of benzene rings is 1. The fourth-order valence-corrected chi connectivity index (χ4v) is 4.13. The minimum absolute atomic E-state index is 0.0948. The number of aliphatic hydroxyl groups excluding tert-OH is 1. The van der Waals surface area contributed by atoms with E-state index in [-0.39, 0.29) is 17.6 Å². The lowest BCUT2D eigenvalue weighted by Gasteiger charge is -2.40. The first-order valence-corrected chi connectivity index (χ1v) is 12.2. The average Bonchev–Trinajstić information content (AvgIpc) is 2.52. The van der Waals surface area contributed by atoms with Crippen LogP contribution >= 0.6 is 0 Å². The van der Waals surface area contributed by atoms with Crippen LogP contribution in [0.15, 0.2) is 30.3 Å². The summed E-state index contributed by atoms with van der Waals surface area (Å²) in [5, 5.41) is 9.68. The summed E-state index contributed by atoms with van der Waals surface area (Å²) in [6.45, 7) is 11.4. The summed E-state index contributed by atoms with van der Waals surface area (Å²) < 4.78 is 26.7. The van der Waals surface area contributed by atoms with E-state index in [1.54, 1.807) is 0 Å². The molecule has 1 unspecified atom stereocenters. The minimum atomic E-state index is -1.98. The quantitative estimate of drug-likeness (QED) is 0.717. The van der Waals surface area contributed by atoms with E-state index >= 15 is 0 Å². The molecule has 0 bridgehead atoms. The van der Waals surface area contributed by atoms with Crippen LogP contribution in [-0.2, 0) is 9.16 Å². The van der Waals surface area contributed by atoms with Gasteiger partial charge in [0.2, 0.25) is 0 Å². The zero-order valence-corrected chi connectivity index (χ0v) is 17.2. The van der Waals surface area contributed by atoms with Crippen LogP contribution in [0.3, 0.4) is 0 Å². The molecule has 1 aromatic carbocycles. The molecular weight excluding hydrogens is 335 g/mol. The molecule has 1 aliphatic carbocycles. The Morgan fingerprint density at radius 3 is 2.40 bits per heavy atom. The monoisotopic (exact) mass is 368 g/mol. The van der Waals surface area contributed by atoms with E-state index < -0.39 is 26.7 Å². The lowest BCUT2D eigenvalue weighted by molar-refractivity contribution is -0.0763. The van der Waals surface area contributed by atoms with Crippen LogP contribution in [0, 0.1) is 0 Å². The standard InChI is InChI=1S/C20H33FO3Si/c1-20(2,3)25(4,5)24-19(15-9-7-6-8-10-15)14-23-18-12-11-16(22)13-17(18)21/h6-10,16-19,22H,11-14H2,1-5H3/t16-,17+,18+,19?/m1/s1. The molecule has 0 spiro atoms. The van der Waals surface area contributed by atoms with E-state index in [1.807, 2.05) is 30.3 Å². The fraction of sp³-hybridized carbons (Fsp3) is 0.700.